The third-order valence-corrected chi connectivity index (χ3v) is 7.28. The third-order valence-electron chi connectivity index (χ3n) is 7.28. The zero-order valence-corrected chi connectivity index (χ0v) is 20.6. The van der Waals surface area contributed by atoms with Crippen LogP contribution in [0.2, 0.25) is 0 Å². The van der Waals surface area contributed by atoms with Crippen molar-refractivity contribution in [1.29, 1.82) is 0 Å². The molecule has 3 atom stereocenters. The molecule has 2 aromatic carbocycles. The van der Waals surface area contributed by atoms with E-state index in [4.69, 9.17) is 20.7 Å². The molecule has 0 radical (unpaired) electrons. The number of nitrogen functional groups attached to an aromatic ring is 1. The smallest absolute Gasteiger partial charge is 0.407 e. The minimum atomic E-state index is -0.393. The fourth-order valence-electron chi connectivity index (χ4n) is 5.53. The van der Waals surface area contributed by atoms with E-state index in [2.05, 4.69) is 23.5 Å². The molecule has 1 fully saturated rings. The van der Waals surface area contributed by atoms with Crippen LogP contribution in [0.1, 0.15) is 56.1 Å². The first-order valence-electron chi connectivity index (χ1n) is 13.1. The highest BCUT2D eigenvalue weighted by atomic mass is 16.6. The van der Waals surface area contributed by atoms with Crippen LogP contribution in [0.25, 0.3) is 0 Å². The minimum Gasteiger partial charge on any atom is -0.446 e. The van der Waals surface area contributed by atoms with E-state index in [0.29, 0.717) is 12.2 Å². The second-order valence-electron chi connectivity index (χ2n) is 9.79. The fraction of sp³-hybridized carbons (Fsp3) is 0.367. The lowest BCUT2D eigenvalue weighted by molar-refractivity contribution is 0.0577. The summed E-state index contributed by atoms with van der Waals surface area (Å²) < 4.78 is 6.18. The molecule has 0 bridgehead atoms. The zero-order chi connectivity index (χ0) is 24.7. The predicted octanol–water partition coefficient (Wildman–Crippen LogP) is 6.20. The Hall–Kier alpha value is -3.67. The maximum absolute atomic E-state index is 13.0. The Balaban J connectivity index is 1.46. The molecule has 5 rings (SSSR count). The maximum Gasteiger partial charge on any atom is 0.407 e. The molecular weight excluding hydrogens is 448 g/mol. The van der Waals surface area contributed by atoms with Gasteiger partial charge in [0.15, 0.2) is 0 Å². The van der Waals surface area contributed by atoms with Gasteiger partial charge in [-0.15, -0.1) is 0 Å². The lowest BCUT2D eigenvalue weighted by Gasteiger charge is -2.38. The Bertz CT molecular complexity index is 1200. The number of hydrogen-bond acceptors (Lipinski definition) is 5. The fourth-order valence-corrected chi connectivity index (χ4v) is 5.53. The van der Waals surface area contributed by atoms with Crippen molar-refractivity contribution in [2.24, 2.45) is 22.0 Å². The Morgan fingerprint density at radius 1 is 0.972 bits per heavy atom. The summed E-state index contributed by atoms with van der Waals surface area (Å²) in [4.78, 5) is 13.0. The van der Waals surface area contributed by atoms with Crippen LogP contribution in [0.3, 0.4) is 0 Å². The Morgan fingerprint density at radius 2 is 1.81 bits per heavy atom. The standard InChI is InChI=1S/C30H34N4O2/c31-24-16-10-15-23(19-24)29-27-25(28(33-34-29)22-13-6-2-7-14-22)17-8-3-9-18-26(27)36-30(35)32-20-21-11-4-1-5-12-21/h1,4-6,10-16,19,25-27H,2-3,7-9,17-18,20,31H2,(H,32,35). The first-order chi connectivity index (χ1) is 17.7. The average Bonchev–Trinajstić information content (AvgIpc) is 2.90. The summed E-state index contributed by atoms with van der Waals surface area (Å²) in [5.41, 5.74) is 11.8. The van der Waals surface area contributed by atoms with E-state index in [1.165, 1.54) is 0 Å². The first kappa shape index (κ1) is 24.0. The van der Waals surface area contributed by atoms with Gasteiger partial charge >= 0.3 is 6.09 Å². The molecule has 6 nitrogen and oxygen atoms in total. The van der Waals surface area contributed by atoms with Gasteiger partial charge in [-0.3, -0.25) is 0 Å². The molecular formula is C30H34N4O2. The number of amides is 1. The second-order valence-corrected chi connectivity index (χ2v) is 9.79. The SMILES string of the molecule is Nc1cccc(C2=NN=C(C3=CCCC=C3)C3CCCCCC(OC(=O)NCc4ccccc4)C23)c1. The summed E-state index contributed by atoms with van der Waals surface area (Å²) in [6, 6.07) is 17.7. The predicted molar refractivity (Wildman–Crippen MR) is 145 cm³/mol. The average molecular weight is 483 g/mol. The van der Waals surface area contributed by atoms with Crippen molar-refractivity contribution in [3.8, 4) is 0 Å². The number of nitrogens with zero attached hydrogens (tertiary/aromatic N) is 2. The summed E-state index contributed by atoms with van der Waals surface area (Å²) in [6.07, 6.45) is 13.0. The molecule has 1 heterocycles. The van der Waals surface area contributed by atoms with Crippen LogP contribution in [0.15, 0.2) is 88.6 Å². The van der Waals surface area contributed by atoms with Gasteiger partial charge in [0.25, 0.3) is 0 Å². The minimum absolute atomic E-state index is 0.0849. The number of alkyl carbamates (subject to hydrolysis) is 1. The maximum atomic E-state index is 13.0. The van der Waals surface area contributed by atoms with Gasteiger partial charge in [0.05, 0.1) is 11.4 Å². The summed E-state index contributed by atoms with van der Waals surface area (Å²) in [6.45, 7) is 0.432. The van der Waals surface area contributed by atoms with Crippen LogP contribution in [-0.2, 0) is 11.3 Å². The van der Waals surface area contributed by atoms with E-state index >= 15 is 0 Å². The molecule has 1 amide bonds. The number of carbonyl (C=O) groups excluding carboxylic acids is 1. The van der Waals surface area contributed by atoms with Crippen LogP contribution in [-0.4, -0.2) is 23.6 Å². The molecule has 0 aromatic heterocycles. The second kappa shape index (κ2) is 11.4. The number of hydrogen-bond donors (Lipinski definition) is 2. The quantitative estimate of drug-likeness (QED) is 0.498. The Kier molecular flexibility index (Phi) is 7.60. The van der Waals surface area contributed by atoms with Gasteiger partial charge in [-0.05, 0) is 55.4 Å². The summed E-state index contributed by atoms with van der Waals surface area (Å²) in [5.74, 6) is 0.0402. The molecule has 1 aliphatic heterocycles. The van der Waals surface area contributed by atoms with Crippen molar-refractivity contribution in [2.75, 3.05) is 5.73 Å². The largest absolute Gasteiger partial charge is 0.446 e. The number of anilines is 1. The highest BCUT2D eigenvalue weighted by Gasteiger charge is 2.42. The van der Waals surface area contributed by atoms with Crippen LogP contribution < -0.4 is 11.1 Å². The van der Waals surface area contributed by atoms with Crippen LogP contribution >= 0.6 is 0 Å². The van der Waals surface area contributed by atoms with E-state index in [1.54, 1.807) is 0 Å². The lowest BCUT2D eigenvalue weighted by Crippen LogP contribution is -2.45. The number of ether oxygens (including phenoxy) is 1. The molecule has 1 saturated carbocycles. The van der Waals surface area contributed by atoms with Crippen molar-refractivity contribution in [1.82, 2.24) is 5.32 Å². The van der Waals surface area contributed by atoms with E-state index in [9.17, 15) is 4.79 Å². The van der Waals surface area contributed by atoms with Crippen molar-refractivity contribution in [3.63, 3.8) is 0 Å². The summed E-state index contributed by atoms with van der Waals surface area (Å²) in [7, 11) is 0. The monoisotopic (exact) mass is 482 g/mol. The van der Waals surface area contributed by atoms with Gasteiger partial charge in [0, 0.05) is 29.6 Å². The van der Waals surface area contributed by atoms with Gasteiger partial charge in [-0.2, -0.15) is 10.2 Å². The molecule has 36 heavy (non-hydrogen) atoms. The van der Waals surface area contributed by atoms with E-state index < -0.39 is 6.09 Å². The van der Waals surface area contributed by atoms with Crippen molar-refractivity contribution < 1.29 is 9.53 Å². The molecule has 2 aliphatic carbocycles. The van der Waals surface area contributed by atoms with Gasteiger partial charge in [0.2, 0.25) is 0 Å². The zero-order valence-electron chi connectivity index (χ0n) is 20.6. The molecule has 6 heteroatoms. The van der Waals surface area contributed by atoms with Gasteiger partial charge in [-0.1, -0.05) is 73.5 Å². The number of nitrogens with one attached hydrogen (secondary N) is 1. The lowest BCUT2D eigenvalue weighted by atomic mass is 9.71. The molecule has 2 aromatic rings. The Morgan fingerprint density at radius 3 is 2.61 bits per heavy atom. The molecule has 0 spiro atoms. The molecule has 186 valence electrons. The molecule has 3 aliphatic rings. The summed E-state index contributed by atoms with van der Waals surface area (Å²) in [5, 5.41) is 12.5. The topological polar surface area (TPSA) is 89.1 Å². The van der Waals surface area contributed by atoms with Crippen molar-refractivity contribution in [3.05, 3.63) is 89.5 Å². The number of carbonyl (C=O) groups is 1. The van der Waals surface area contributed by atoms with Gasteiger partial charge < -0.3 is 15.8 Å². The number of nitrogens with two attached hydrogens (primary N) is 1. The number of rotatable bonds is 5. The first-order valence-corrected chi connectivity index (χ1v) is 13.1. The number of fused-ring (bicyclic) bond motifs is 1. The number of allylic oxidation sites excluding steroid dienone is 4. The van der Waals surface area contributed by atoms with Gasteiger partial charge in [0.1, 0.15) is 6.10 Å². The van der Waals surface area contributed by atoms with Crippen molar-refractivity contribution >= 4 is 23.2 Å². The molecule has 3 N–H and O–H groups in total. The van der Waals surface area contributed by atoms with E-state index in [1.807, 2.05) is 54.6 Å². The molecule has 0 saturated heterocycles. The van der Waals surface area contributed by atoms with Crippen molar-refractivity contribution in [2.45, 2.75) is 57.6 Å². The van der Waals surface area contributed by atoms with E-state index in [0.717, 1.165) is 73.1 Å². The van der Waals surface area contributed by atoms with Crippen LogP contribution in [0, 0.1) is 11.8 Å². The third kappa shape index (κ3) is 5.59. The molecule has 3 unspecified atom stereocenters. The highest BCUT2D eigenvalue weighted by molar-refractivity contribution is 6.13. The highest BCUT2D eigenvalue weighted by Crippen LogP contribution is 2.39. The summed E-state index contributed by atoms with van der Waals surface area (Å²) >= 11 is 0. The van der Waals surface area contributed by atoms with E-state index in [-0.39, 0.29) is 17.9 Å². The van der Waals surface area contributed by atoms with Gasteiger partial charge in [-0.25, -0.2) is 4.79 Å². The normalized spacial score (nSPS) is 23.8. The number of benzene rings is 2. The Labute approximate surface area is 213 Å². The van der Waals surface area contributed by atoms with Crippen LogP contribution in [0.5, 0.6) is 0 Å². The van der Waals surface area contributed by atoms with Crippen LogP contribution in [0.4, 0.5) is 10.5 Å².